The molecule has 1 aliphatic heterocycles. The molecular weight excluding hydrogens is 307 g/mol. The number of hydrogen-bond donors (Lipinski definition) is 2. The van der Waals surface area contributed by atoms with Gasteiger partial charge in [-0.05, 0) is 57.7 Å². The highest BCUT2D eigenvalue weighted by Gasteiger charge is 2.21. The minimum absolute atomic E-state index is 0. The summed E-state index contributed by atoms with van der Waals surface area (Å²) >= 11 is 0. The Kier molecular flexibility index (Phi) is 8.03. The minimum Gasteiger partial charge on any atom is -0.315 e. The summed E-state index contributed by atoms with van der Waals surface area (Å²) in [6.45, 7) is 3.31. The first-order chi connectivity index (χ1) is 9.34. The lowest BCUT2D eigenvalue weighted by Gasteiger charge is -2.31. The van der Waals surface area contributed by atoms with E-state index in [0.29, 0.717) is 6.04 Å². The Bertz CT molecular complexity index is 416. The van der Waals surface area contributed by atoms with Gasteiger partial charge in [-0.2, -0.15) is 5.10 Å². The van der Waals surface area contributed by atoms with Gasteiger partial charge in [-0.1, -0.05) is 6.42 Å². The summed E-state index contributed by atoms with van der Waals surface area (Å²) in [4.78, 5) is 2.48. The topological polar surface area (TPSA) is 44.0 Å². The Hall–Kier alpha value is -0.290. The van der Waals surface area contributed by atoms with Crippen LogP contribution in [0.25, 0.3) is 0 Å². The quantitative estimate of drug-likeness (QED) is 0.835. The molecule has 1 aromatic heterocycles. The predicted octanol–water partition coefficient (Wildman–Crippen LogP) is 2.71. The van der Waals surface area contributed by atoms with Crippen LogP contribution in [0, 0.1) is 0 Å². The number of nitrogens with one attached hydrogen (secondary N) is 2. The number of H-pyrrole nitrogens is 1. The number of likely N-dealkylation sites (N-methyl/N-ethyl adjacent to an activating group) is 1. The van der Waals surface area contributed by atoms with Crippen molar-refractivity contribution in [3.63, 3.8) is 0 Å². The molecule has 0 bridgehead atoms. The SMILES string of the molecule is CN(Cc1n[nH]c2c1CCCCC2)C1CCCNC1.Cl.Cl. The molecule has 2 N–H and O–H groups in total. The van der Waals surface area contributed by atoms with Crippen molar-refractivity contribution >= 4 is 24.8 Å². The Morgan fingerprint density at radius 2 is 1.95 bits per heavy atom. The Labute approximate surface area is 140 Å². The number of aryl methyl sites for hydroxylation is 1. The van der Waals surface area contributed by atoms with Crippen LogP contribution in [0.1, 0.15) is 49.1 Å². The lowest BCUT2D eigenvalue weighted by molar-refractivity contribution is 0.193. The minimum atomic E-state index is 0. The van der Waals surface area contributed by atoms with E-state index in [9.17, 15) is 0 Å². The van der Waals surface area contributed by atoms with Crippen molar-refractivity contribution in [1.29, 1.82) is 0 Å². The second-order valence-electron chi connectivity index (χ2n) is 6.10. The van der Waals surface area contributed by atoms with Crippen LogP contribution >= 0.6 is 24.8 Å². The molecular formula is C15H28Cl2N4. The highest BCUT2D eigenvalue weighted by molar-refractivity contribution is 5.85. The van der Waals surface area contributed by atoms with Crippen LogP contribution in [-0.4, -0.2) is 41.3 Å². The Morgan fingerprint density at radius 3 is 2.71 bits per heavy atom. The molecule has 0 saturated carbocycles. The third-order valence-corrected chi connectivity index (χ3v) is 4.69. The summed E-state index contributed by atoms with van der Waals surface area (Å²) in [6, 6.07) is 0.673. The standard InChI is InChI=1S/C15H26N4.2ClH/c1-19(12-6-5-9-16-10-12)11-15-13-7-3-2-4-8-14(13)17-18-15;;/h12,16H,2-11H2,1H3,(H,17,18);2*1H. The molecule has 21 heavy (non-hydrogen) atoms. The second-order valence-corrected chi connectivity index (χ2v) is 6.10. The molecule has 0 amide bonds. The fourth-order valence-electron chi connectivity index (χ4n) is 3.43. The molecule has 3 rings (SSSR count). The zero-order valence-electron chi connectivity index (χ0n) is 12.9. The van der Waals surface area contributed by atoms with Gasteiger partial charge in [0.1, 0.15) is 0 Å². The lowest BCUT2D eigenvalue weighted by atomic mass is 10.0. The third kappa shape index (κ3) is 4.59. The molecule has 1 saturated heterocycles. The fourth-order valence-corrected chi connectivity index (χ4v) is 3.43. The Morgan fingerprint density at radius 1 is 1.14 bits per heavy atom. The summed E-state index contributed by atoms with van der Waals surface area (Å²) in [6.07, 6.45) is 9.04. The van der Waals surface area contributed by atoms with Crippen molar-refractivity contribution in [2.24, 2.45) is 0 Å². The van der Waals surface area contributed by atoms with E-state index in [1.54, 1.807) is 0 Å². The average Bonchev–Trinajstić information content (AvgIpc) is 2.68. The molecule has 1 aromatic rings. The number of aromatic amines is 1. The van der Waals surface area contributed by atoms with Gasteiger partial charge in [0.05, 0.1) is 5.69 Å². The van der Waals surface area contributed by atoms with E-state index >= 15 is 0 Å². The van der Waals surface area contributed by atoms with Crippen molar-refractivity contribution in [2.75, 3.05) is 20.1 Å². The van der Waals surface area contributed by atoms with E-state index in [1.807, 2.05) is 0 Å². The van der Waals surface area contributed by atoms with Crippen molar-refractivity contribution in [3.8, 4) is 0 Å². The van der Waals surface area contributed by atoms with E-state index in [1.165, 1.54) is 68.4 Å². The van der Waals surface area contributed by atoms with Gasteiger partial charge in [0.15, 0.2) is 0 Å². The summed E-state index contributed by atoms with van der Waals surface area (Å²) in [7, 11) is 2.25. The van der Waals surface area contributed by atoms with Crippen molar-refractivity contribution in [3.05, 3.63) is 17.0 Å². The first-order valence-corrected chi connectivity index (χ1v) is 7.80. The van der Waals surface area contributed by atoms with Crippen LogP contribution in [0.5, 0.6) is 0 Å². The van der Waals surface area contributed by atoms with Crippen molar-refractivity contribution < 1.29 is 0 Å². The number of piperidine rings is 1. The molecule has 1 atom stereocenters. The molecule has 1 fully saturated rings. The molecule has 2 heterocycles. The first kappa shape index (κ1) is 18.8. The van der Waals surface area contributed by atoms with Crippen LogP contribution in [-0.2, 0) is 19.4 Å². The maximum Gasteiger partial charge on any atom is 0.0797 e. The molecule has 0 spiro atoms. The van der Waals surface area contributed by atoms with Gasteiger partial charge in [-0.25, -0.2) is 0 Å². The van der Waals surface area contributed by atoms with Gasteiger partial charge in [0.25, 0.3) is 0 Å². The van der Waals surface area contributed by atoms with E-state index in [-0.39, 0.29) is 24.8 Å². The van der Waals surface area contributed by atoms with Crippen molar-refractivity contribution in [1.82, 2.24) is 20.4 Å². The molecule has 0 aromatic carbocycles. The van der Waals surface area contributed by atoms with Crippen LogP contribution in [0.3, 0.4) is 0 Å². The van der Waals surface area contributed by atoms with Gasteiger partial charge in [0.2, 0.25) is 0 Å². The molecule has 6 heteroatoms. The number of fused-ring (bicyclic) bond motifs is 1. The zero-order valence-corrected chi connectivity index (χ0v) is 14.5. The highest BCUT2D eigenvalue weighted by atomic mass is 35.5. The lowest BCUT2D eigenvalue weighted by Crippen LogP contribution is -2.43. The van der Waals surface area contributed by atoms with Crippen LogP contribution in [0.15, 0.2) is 0 Å². The molecule has 1 unspecified atom stereocenters. The predicted molar refractivity (Wildman–Crippen MR) is 91.7 cm³/mol. The van der Waals surface area contributed by atoms with Crippen molar-refractivity contribution in [2.45, 2.75) is 57.5 Å². The molecule has 2 aliphatic rings. The maximum absolute atomic E-state index is 4.59. The van der Waals surface area contributed by atoms with E-state index in [2.05, 4.69) is 27.5 Å². The van der Waals surface area contributed by atoms with Crippen LogP contribution in [0.4, 0.5) is 0 Å². The fraction of sp³-hybridized carbons (Fsp3) is 0.800. The van der Waals surface area contributed by atoms with E-state index < -0.39 is 0 Å². The summed E-state index contributed by atoms with van der Waals surface area (Å²) in [5.41, 5.74) is 4.22. The second kappa shape index (κ2) is 8.99. The zero-order chi connectivity index (χ0) is 13.1. The van der Waals surface area contributed by atoms with Crippen LogP contribution in [0.2, 0.25) is 0 Å². The maximum atomic E-state index is 4.59. The van der Waals surface area contributed by atoms with Gasteiger partial charge in [-0.15, -0.1) is 24.8 Å². The van der Waals surface area contributed by atoms with E-state index in [0.717, 1.165) is 13.1 Å². The largest absolute Gasteiger partial charge is 0.315 e. The molecule has 1 aliphatic carbocycles. The highest BCUT2D eigenvalue weighted by Crippen LogP contribution is 2.23. The first-order valence-electron chi connectivity index (χ1n) is 7.80. The van der Waals surface area contributed by atoms with E-state index in [4.69, 9.17) is 0 Å². The molecule has 4 nitrogen and oxygen atoms in total. The number of nitrogens with zero attached hydrogens (tertiary/aromatic N) is 2. The molecule has 122 valence electrons. The van der Waals surface area contributed by atoms with Gasteiger partial charge in [0, 0.05) is 24.8 Å². The summed E-state index contributed by atoms with van der Waals surface area (Å²) in [5, 5.41) is 11.4. The number of halogens is 2. The Balaban J connectivity index is 0.00000110. The van der Waals surface area contributed by atoms with Crippen LogP contribution < -0.4 is 5.32 Å². The average molecular weight is 335 g/mol. The monoisotopic (exact) mass is 334 g/mol. The smallest absolute Gasteiger partial charge is 0.0797 e. The number of aromatic nitrogens is 2. The third-order valence-electron chi connectivity index (χ3n) is 4.69. The molecule has 0 radical (unpaired) electrons. The summed E-state index contributed by atoms with van der Waals surface area (Å²) in [5.74, 6) is 0. The number of hydrogen-bond acceptors (Lipinski definition) is 3. The van der Waals surface area contributed by atoms with Gasteiger partial charge in [-0.3, -0.25) is 10.00 Å². The number of rotatable bonds is 3. The summed E-state index contributed by atoms with van der Waals surface area (Å²) < 4.78 is 0. The van der Waals surface area contributed by atoms with Gasteiger partial charge < -0.3 is 5.32 Å². The normalized spacial score (nSPS) is 21.9. The van der Waals surface area contributed by atoms with Gasteiger partial charge >= 0.3 is 0 Å².